The van der Waals surface area contributed by atoms with Crippen LogP contribution in [0, 0.1) is 0 Å². The lowest BCUT2D eigenvalue weighted by Gasteiger charge is -2.21. The Bertz CT molecular complexity index is 616. The number of carbonyl (C=O) groups excluding carboxylic acids is 3. The number of amides is 3. The third kappa shape index (κ3) is 13.2. The van der Waals surface area contributed by atoms with Gasteiger partial charge in [0.1, 0.15) is 12.1 Å². The van der Waals surface area contributed by atoms with E-state index >= 15 is 0 Å². The first-order chi connectivity index (χ1) is 14.6. The molecule has 0 rings (SSSR count). The molecule has 3 unspecified atom stereocenters. The lowest BCUT2D eigenvalue weighted by molar-refractivity contribution is -0.147. The Morgan fingerprint density at radius 2 is 1.35 bits per heavy atom. The molecule has 178 valence electrons. The van der Waals surface area contributed by atoms with Crippen molar-refractivity contribution < 1.29 is 34.2 Å². The Kier molecular flexibility index (Phi) is 14.6. The summed E-state index contributed by atoms with van der Waals surface area (Å²) in [5.74, 6) is -4.96. The van der Waals surface area contributed by atoms with E-state index in [2.05, 4.69) is 16.0 Å². The summed E-state index contributed by atoms with van der Waals surface area (Å²) in [4.78, 5) is 58.5. The second-order valence-electron chi connectivity index (χ2n) is 7.01. The number of nitrogens with two attached hydrogens (primary N) is 3. The number of hydrogen-bond acceptors (Lipinski definition) is 8. The summed E-state index contributed by atoms with van der Waals surface area (Å²) >= 11 is 0. The maximum Gasteiger partial charge on any atom is 0.326 e. The topological polar surface area (TPSA) is 240 Å². The van der Waals surface area contributed by atoms with E-state index in [1.807, 2.05) is 0 Å². The summed E-state index contributed by atoms with van der Waals surface area (Å²) < 4.78 is 0. The van der Waals surface area contributed by atoms with Crippen molar-refractivity contribution in [3.05, 3.63) is 0 Å². The number of carboxylic acids is 2. The van der Waals surface area contributed by atoms with E-state index in [0.29, 0.717) is 38.8 Å². The first kappa shape index (κ1) is 28.2. The fourth-order valence-corrected chi connectivity index (χ4v) is 2.59. The molecule has 0 aliphatic rings. The lowest BCUT2D eigenvalue weighted by Crippen LogP contribution is -2.54. The molecule has 0 aromatic heterocycles. The fourth-order valence-electron chi connectivity index (χ4n) is 2.59. The van der Waals surface area contributed by atoms with E-state index in [1.54, 1.807) is 0 Å². The second-order valence-corrected chi connectivity index (χ2v) is 7.01. The molecule has 13 heteroatoms. The summed E-state index contributed by atoms with van der Waals surface area (Å²) in [7, 11) is 0. The zero-order chi connectivity index (χ0) is 23.8. The van der Waals surface area contributed by atoms with E-state index in [4.69, 9.17) is 27.4 Å². The van der Waals surface area contributed by atoms with Gasteiger partial charge in [-0.1, -0.05) is 6.42 Å². The molecule has 0 radical (unpaired) electrons. The highest BCUT2D eigenvalue weighted by molar-refractivity contribution is 5.93. The van der Waals surface area contributed by atoms with Crippen LogP contribution in [0.4, 0.5) is 0 Å². The number of rotatable bonds is 17. The van der Waals surface area contributed by atoms with Crippen molar-refractivity contribution in [3.8, 4) is 0 Å². The minimum atomic E-state index is -1.65. The summed E-state index contributed by atoms with van der Waals surface area (Å²) in [5, 5.41) is 24.8. The van der Waals surface area contributed by atoms with Crippen LogP contribution in [0.15, 0.2) is 0 Å². The molecule has 0 saturated carbocycles. The molecule has 3 atom stereocenters. The van der Waals surface area contributed by atoms with Crippen LogP contribution in [0.25, 0.3) is 0 Å². The van der Waals surface area contributed by atoms with Crippen molar-refractivity contribution in [3.63, 3.8) is 0 Å². The summed E-state index contributed by atoms with van der Waals surface area (Å²) in [6.07, 6.45) is 2.16. The highest BCUT2D eigenvalue weighted by Crippen LogP contribution is 2.03. The number of unbranched alkanes of at least 4 members (excludes halogenated alkanes) is 2. The SMILES string of the molecule is NCCCCC(N)C(=O)NCC(=O)NC(CCCCN)C(=O)NC(CC(=O)O)C(=O)O. The fraction of sp³-hybridized carbons (Fsp3) is 0.722. The summed E-state index contributed by atoms with van der Waals surface area (Å²) in [6.45, 7) is 0.415. The molecule has 0 bridgehead atoms. The third-order valence-electron chi connectivity index (χ3n) is 4.32. The molecule has 3 amide bonds. The Morgan fingerprint density at radius 3 is 1.87 bits per heavy atom. The molecule has 31 heavy (non-hydrogen) atoms. The van der Waals surface area contributed by atoms with E-state index in [0.717, 1.165) is 6.42 Å². The zero-order valence-electron chi connectivity index (χ0n) is 17.5. The van der Waals surface area contributed by atoms with Gasteiger partial charge in [0.15, 0.2) is 0 Å². The Labute approximate surface area is 180 Å². The molecule has 0 saturated heterocycles. The van der Waals surface area contributed by atoms with Crippen molar-refractivity contribution >= 4 is 29.7 Å². The standard InChI is InChI=1S/C18H34N6O7/c19-7-3-1-5-11(21)16(28)22-10-14(25)23-12(6-2-4-8-20)17(29)24-13(18(30)31)9-15(26)27/h11-13H,1-10,19-21H2,(H,22,28)(H,23,25)(H,24,29)(H,26,27)(H,30,31). The van der Waals surface area contributed by atoms with Crippen molar-refractivity contribution in [1.82, 2.24) is 16.0 Å². The van der Waals surface area contributed by atoms with Crippen molar-refractivity contribution in [2.75, 3.05) is 19.6 Å². The quantitative estimate of drug-likeness (QED) is 0.107. The van der Waals surface area contributed by atoms with Gasteiger partial charge in [-0.05, 0) is 45.2 Å². The van der Waals surface area contributed by atoms with Gasteiger partial charge in [0.05, 0.1) is 19.0 Å². The van der Waals surface area contributed by atoms with Crippen LogP contribution >= 0.6 is 0 Å². The molecule has 13 nitrogen and oxygen atoms in total. The average molecular weight is 447 g/mol. The van der Waals surface area contributed by atoms with E-state index < -0.39 is 60.8 Å². The summed E-state index contributed by atoms with van der Waals surface area (Å²) in [5.41, 5.74) is 16.5. The third-order valence-corrected chi connectivity index (χ3v) is 4.32. The van der Waals surface area contributed by atoms with Crippen LogP contribution in [0.2, 0.25) is 0 Å². The molecule has 0 spiro atoms. The number of carbonyl (C=O) groups is 5. The summed E-state index contributed by atoms with van der Waals surface area (Å²) in [6, 6.07) is -3.56. The van der Waals surface area contributed by atoms with Gasteiger partial charge < -0.3 is 43.4 Å². The van der Waals surface area contributed by atoms with Gasteiger partial charge in [-0.2, -0.15) is 0 Å². The highest BCUT2D eigenvalue weighted by Gasteiger charge is 2.28. The molecule has 0 aromatic carbocycles. The van der Waals surface area contributed by atoms with Gasteiger partial charge in [0.2, 0.25) is 17.7 Å². The molecule has 0 fully saturated rings. The maximum atomic E-state index is 12.4. The molecule has 0 aliphatic carbocycles. The number of aliphatic carboxylic acids is 2. The van der Waals surface area contributed by atoms with Crippen molar-refractivity contribution in [1.29, 1.82) is 0 Å². The Morgan fingerprint density at radius 1 is 0.774 bits per heavy atom. The lowest BCUT2D eigenvalue weighted by atomic mass is 10.1. The van der Waals surface area contributed by atoms with E-state index in [-0.39, 0.29) is 6.42 Å². The van der Waals surface area contributed by atoms with Crippen molar-refractivity contribution in [2.24, 2.45) is 17.2 Å². The van der Waals surface area contributed by atoms with Crippen LogP contribution in [0.1, 0.15) is 44.9 Å². The van der Waals surface area contributed by atoms with Crippen LogP contribution < -0.4 is 33.2 Å². The monoisotopic (exact) mass is 446 g/mol. The van der Waals surface area contributed by atoms with Gasteiger partial charge in [0.25, 0.3) is 0 Å². The largest absolute Gasteiger partial charge is 0.481 e. The highest BCUT2D eigenvalue weighted by atomic mass is 16.4. The molecule has 11 N–H and O–H groups in total. The van der Waals surface area contributed by atoms with Gasteiger partial charge in [0, 0.05) is 0 Å². The van der Waals surface area contributed by atoms with Gasteiger partial charge in [-0.15, -0.1) is 0 Å². The van der Waals surface area contributed by atoms with Crippen LogP contribution in [-0.2, 0) is 24.0 Å². The molecular weight excluding hydrogens is 412 g/mol. The minimum absolute atomic E-state index is 0.154. The average Bonchev–Trinajstić information content (AvgIpc) is 2.70. The van der Waals surface area contributed by atoms with Gasteiger partial charge >= 0.3 is 11.9 Å². The molecular formula is C18H34N6O7. The predicted octanol–water partition coefficient (Wildman–Crippen LogP) is -2.78. The molecule has 0 heterocycles. The van der Waals surface area contributed by atoms with Crippen molar-refractivity contribution in [2.45, 2.75) is 63.1 Å². The van der Waals surface area contributed by atoms with Gasteiger partial charge in [-0.3, -0.25) is 19.2 Å². The number of carboxylic acid groups (broad SMARTS) is 2. The predicted molar refractivity (Wildman–Crippen MR) is 111 cm³/mol. The maximum absolute atomic E-state index is 12.4. The van der Waals surface area contributed by atoms with Crippen LogP contribution in [-0.4, -0.2) is 77.6 Å². The van der Waals surface area contributed by atoms with Crippen LogP contribution in [0.3, 0.4) is 0 Å². The minimum Gasteiger partial charge on any atom is -0.481 e. The van der Waals surface area contributed by atoms with Gasteiger partial charge in [-0.25, -0.2) is 4.79 Å². The van der Waals surface area contributed by atoms with Crippen LogP contribution in [0.5, 0.6) is 0 Å². The Hall–Kier alpha value is -2.77. The Balaban J connectivity index is 4.84. The second kappa shape index (κ2) is 16.0. The normalized spacial score (nSPS) is 13.5. The molecule has 0 aliphatic heterocycles. The van der Waals surface area contributed by atoms with E-state index in [9.17, 15) is 24.0 Å². The zero-order valence-corrected chi connectivity index (χ0v) is 17.5. The molecule has 0 aromatic rings. The first-order valence-electron chi connectivity index (χ1n) is 10.1. The number of hydrogen-bond donors (Lipinski definition) is 8. The number of nitrogens with one attached hydrogen (secondary N) is 3. The first-order valence-corrected chi connectivity index (χ1v) is 10.1. The van der Waals surface area contributed by atoms with E-state index in [1.165, 1.54) is 0 Å². The smallest absolute Gasteiger partial charge is 0.326 e.